The molecule has 154 valence electrons. The quantitative estimate of drug-likeness (QED) is 0.721. The summed E-state index contributed by atoms with van der Waals surface area (Å²) in [5.41, 5.74) is 2.20. The SMILES string of the molecule is CN(Cc1ccccc1NCC(=O)NCC(=O)N1CCCC1)C1CCCCC1. The standard InChI is InChI=1S/C22H34N4O2/c1-25(19-10-3-2-4-11-19)17-18-9-5-6-12-20(18)23-15-21(27)24-16-22(28)26-13-7-8-14-26/h5-6,9,12,19,23H,2-4,7-8,10-11,13-17H2,1H3,(H,24,27). The molecule has 28 heavy (non-hydrogen) atoms. The molecule has 6 nitrogen and oxygen atoms in total. The van der Waals surface area contributed by atoms with Gasteiger partial charge >= 0.3 is 0 Å². The Balaban J connectivity index is 1.46. The predicted octanol–water partition coefficient (Wildman–Crippen LogP) is 2.60. The molecule has 2 aliphatic rings. The van der Waals surface area contributed by atoms with Gasteiger partial charge in [0, 0.05) is 31.4 Å². The van der Waals surface area contributed by atoms with Crippen molar-refractivity contribution in [1.29, 1.82) is 0 Å². The summed E-state index contributed by atoms with van der Waals surface area (Å²) in [7, 11) is 2.20. The second-order valence-corrected chi connectivity index (χ2v) is 8.08. The van der Waals surface area contributed by atoms with E-state index in [9.17, 15) is 9.59 Å². The van der Waals surface area contributed by atoms with Gasteiger partial charge in [-0.2, -0.15) is 0 Å². The van der Waals surface area contributed by atoms with Gasteiger partial charge in [0.25, 0.3) is 0 Å². The molecular weight excluding hydrogens is 352 g/mol. The Hall–Kier alpha value is -2.08. The number of amides is 2. The predicted molar refractivity (Wildman–Crippen MR) is 112 cm³/mol. The summed E-state index contributed by atoms with van der Waals surface area (Å²) in [5.74, 6) is -0.136. The number of carbonyl (C=O) groups is 2. The van der Waals surface area contributed by atoms with Crippen LogP contribution in [0.1, 0.15) is 50.5 Å². The lowest BCUT2D eigenvalue weighted by molar-refractivity contribution is -0.131. The number of carbonyl (C=O) groups excluding carboxylic acids is 2. The minimum Gasteiger partial charge on any atom is -0.376 e. The first-order valence-corrected chi connectivity index (χ1v) is 10.7. The molecule has 1 aliphatic heterocycles. The van der Waals surface area contributed by atoms with Gasteiger partial charge in [0.05, 0.1) is 13.1 Å². The van der Waals surface area contributed by atoms with E-state index in [-0.39, 0.29) is 24.9 Å². The third-order valence-corrected chi connectivity index (χ3v) is 5.97. The molecule has 0 aromatic heterocycles. The summed E-state index contributed by atoms with van der Waals surface area (Å²) in [5, 5.41) is 5.99. The average Bonchev–Trinajstić information content (AvgIpc) is 3.27. The minimum absolute atomic E-state index is 0.0142. The van der Waals surface area contributed by atoms with Gasteiger partial charge in [-0.15, -0.1) is 0 Å². The van der Waals surface area contributed by atoms with Crippen molar-refractivity contribution in [2.24, 2.45) is 0 Å². The second-order valence-electron chi connectivity index (χ2n) is 8.08. The van der Waals surface area contributed by atoms with Crippen LogP contribution in [0.3, 0.4) is 0 Å². The summed E-state index contributed by atoms with van der Waals surface area (Å²) < 4.78 is 0. The largest absolute Gasteiger partial charge is 0.376 e. The molecule has 1 saturated carbocycles. The van der Waals surface area contributed by atoms with Crippen LogP contribution in [-0.2, 0) is 16.1 Å². The monoisotopic (exact) mass is 386 g/mol. The lowest BCUT2D eigenvalue weighted by Crippen LogP contribution is -2.40. The van der Waals surface area contributed by atoms with Crippen LogP contribution in [-0.4, -0.2) is 60.9 Å². The van der Waals surface area contributed by atoms with E-state index in [4.69, 9.17) is 0 Å². The number of anilines is 1. The van der Waals surface area contributed by atoms with Crippen molar-refractivity contribution in [3.05, 3.63) is 29.8 Å². The molecule has 0 radical (unpaired) electrons. The number of hydrogen-bond donors (Lipinski definition) is 2. The second kappa shape index (κ2) is 10.5. The van der Waals surface area contributed by atoms with E-state index in [0.29, 0.717) is 6.04 Å². The molecule has 2 N–H and O–H groups in total. The van der Waals surface area contributed by atoms with E-state index < -0.39 is 0 Å². The molecule has 0 spiro atoms. The van der Waals surface area contributed by atoms with Crippen LogP contribution in [0.5, 0.6) is 0 Å². The molecule has 3 rings (SSSR count). The van der Waals surface area contributed by atoms with Gasteiger partial charge < -0.3 is 15.5 Å². The fourth-order valence-corrected chi connectivity index (χ4v) is 4.24. The average molecular weight is 387 g/mol. The molecule has 2 fully saturated rings. The highest BCUT2D eigenvalue weighted by Crippen LogP contribution is 2.24. The van der Waals surface area contributed by atoms with Crippen LogP contribution in [0, 0.1) is 0 Å². The van der Waals surface area contributed by atoms with Crippen molar-refractivity contribution in [2.75, 3.05) is 38.5 Å². The Morgan fingerprint density at radius 1 is 1.04 bits per heavy atom. The van der Waals surface area contributed by atoms with Gasteiger partial charge in [-0.25, -0.2) is 0 Å². The number of nitrogens with one attached hydrogen (secondary N) is 2. The maximum atomic E-state index is 12.2. The minimum atomic E-state index is -0.150. The van der Waals surface area contributed by atoms with Gasteiger partial charge in [-0.3, -0.25) is 14.5 Å². The number of rotatable bonds is 8. The normalized spacial score (nSPS) is 17.7. The molecule has 1 saturated heterocycles. The van der Waals surface area contributed by atoms with Crippen LogP contribution in [0.15, 0.2) is 24.3 Å². The molecule has 1 aromatic rings. The van der Waals surface area contributed by atoms with Crippen LogP contribution in [0.25, 0.3) is 0 Å². The number of para-hydroxylation sites is 1. The van der Waals surface area contributed by atoms with Crippen molar-refractivity contribution < 1.29 is 9.59 Å². The number of hydrogen-bond acceptors (Lipinski definition) is 4. The number of nitrogens with zero attached hydrogens (tertiary/aromatic N) is 2. The lowest BCUT2D eigenvalue weighted by Gasteiger charge is -2.31. The highest BCUT2D eigenvalue weighted by atomic mass is 16.2. The third-order valence-electron chi connectivity index (χ3n) is 5.97. The number of benzene rings is 1. The van der Waals surface area contributed by atoms with E-state index in [1.807, 2.05) is 23.1 Å². The van der Waals surface area contributed by atoms with E-state index in [1.54, 1.807) is 0 Å². The Labute approximate surface area is 168 Å². The van der Waals surface area contributed by atoms with Crippen LogP contribution in [0.2, 0.25) is 0 Å². The van der Waals surface area contributed by atoms with Gasteiger partial charge in [-0.05, 0) is 44.4 Å². The Kier molecular flexibility index (Phi) is 7.71. The molecular formula is C22H34N4O2. The third kappa shape index (κ3) is 5.96. The van der Waals surface area contributed by atoms with Crippen LogP contribution >= 0.6 is 0 Å². The molecule has 1 aromatic carbocycles. The zero-order chi connectivity index (χ0) is 19.8. The van der Waals surface area contributed by atoms with Crippen molar-refractivity contribution in [3.8, 4) is 0 Å². The summed E-state index contributed by atoms with van der Waals surface area (Å²) >= 11 is 0. The molecule has 1 aliphatic carbocycles. The first-order valence-electron chi connectivity index (χ1n) is 10.7. The van der Waals surface area contributed by atoms with Crippen LogP contribution in [0.4, 0.5) is 5.69 Å². The molecule has 6 heteroatoms. The van der Waals surface area contributed by atoms with Crippen molar-refractivity contribution >= 4 is 17.5 Å². The Bertz CT molecular complexity index is 652. The van der Waals surface area contributed by atoms with Crippen molar-refractivity contribution in [1.82, 2.24) is 15.1 Å². The van der Waals surface area contributed by atoms with E-state index >= 15 is 0 Å². The fourth-order valence-electron chi connectivity index (χ4n) is 4.24. The first kappa shape index (κ1) is 20.6. The molecule has 0 bridgehead atoms. The van der Waals surface area contributed by atoms with Gasteiger partial charge in [-0.1, -0.05) is 37.5 Å². The molecule has 2 amide bonds. The highest BCUT2D eigenvalue weighted by Gasteiger charge is 2.20. The van der Waals surface area contributed by atoms with Gasteiger partial charge in [0.2, 0.25) is 11.8 Å². The van der Waals surface area contributed by atoms with Crippen molar-refractivity contribution in [2.45, 2.75) is 57.5 Å². The first-order chi connectivity index (χ1) is 13.6. The number of likely N-dealkylation sites (tertiary alicyclic amines) is 1. The Morgan fingerprint density at radius 3 is 2.50 bits per heavy atom. The molecule has 1 heterocycles. The lowest BCUT2D eigenvalue weighted by atomic mass is 9.94. The topological polar surface area (TPSA) is 64.7 Å². The summed E-state index contributed by atoms with van der Waals surface area (Å²) in [6.45, 7) is 2.77. The van der Waals surface area contributed by atoms with Gasteiger partial charge in [0.15, 0.2) is 0 Å². The van der Waals surface area contributed by atoms with Gasteiger partial charge in [0.1, 0.15) is 0 Å². The Morgan fingerprint density at radius 2 is 1.75 bits per heavy atom. The van der Waals surface area contributed by atoms with E-state index in [0.717, 1.165) is 38.2 Å². The summed E-state index contributed by atoms with van der Waals surface area (Å²) in [6.07, 6.45) is 8.69. The summed E-state index contributed by atoms with van der Waals surface area (Å²) in [4.78, 5) is 28.5. The smallest absolute Gasteiger partial charge is 0.241 e. The van der Waals surface area contributed by atoms with Crippen LogP contribution < -0.4 is 10.6 Å². The van der Waals surface area contributed by atoms with E-state index in [2.05, 4.69) is 28.6 Å². The summed E-state index contributed by atoms with van der Waals surface area (Å²) in [6, 6.07) is 8.83. The zero-order valence-corrected chi connectivity index (χ0v) is 17.1. The van der Waals surface area contributed by atoms with Crippen molar-refractivity contribution in [3.63, 3.8) is 0 Å². The maximum Gasteiger partial charge on any atom is 0.241 e. The zero-order valence-electron chi connectivity index (χ0n) is 17.1. The maximum absolute atomic E-state index is 12.2. The molecule has 0 atom stereocenters. The van der Waals surface area contributed by atoms with E-state index in [1.165, 1.54) is 37.7 Å². The molecule has 0 unspecified atom stereocenters. The highest BCUT2D eigenvalue weighted by molar-refractivity contribution is 5.87. The fraction of sp³-hybridized carbons (Fsp3) is 0.636.